The van der Waals surface area contributed by atoms with Crippen LogP contribution in [-0.4, -0.2) is 31.1 Å². The van der Waals surface area contributed by atoms with Crippen LogP contribution in [0.3, 0.4) is 0 Å². The highest BCUT2D eigenvalue weighted by Crippen LogP contribution is 2.37. The topological polar surface area (TPSA) is 6.48 Å². The molecule has 0 aliphatic carbocycles. The van der Waals surface area contributed by atoms with E-state index in [0.717, 1.165) is 32.7 Å². The molecule has 144 valence electrons. The molecule has 3 aromatic rings. The van der Waals surface area contributed by atoms with Crippen molar-refractivity contribution in [2.24, 2.45) is 0 Å². The lowest BCUT2D eigenvalue weighted by Gasteiger charge is -2.37. The third-order valence-electron chi connectivity index (χ3n) is 5.38. The zero-order valence-electron chi connectivity index (χ0n) is 16.8. The predicted molar refractivity (Wildman–Crippen MR) is 120 cm³/mol. The van der Waals surface area contributed by atoms with Crippen molar-refractivity contribution in [3.8, 4) is 0 Å². The first-order chi connectivity index (χ1) is 13.7. The van der Waals surface area contributed by atoms with Crippen molar-refractivity contribution in [1.82, 2.24) is 4.90 Å². The van der Waals surface area contributed by atoms with Gasteiger partial charge in [-0.1, -0.05) is 71.9 Å². The largest absolute Gasteiger partial charge is 0.368 e. The predicted octanol–water partition coefficient (Wildman–Crippen LogP) is 5.78. The number of aryl methyl sites for hydroxylation is 2. The van der Waals surface area contributed by atoms with Crippen LogP contribution in [0.15, 0.2) is 82.6 Å². The molecule has 1 saturated heterocycles. The molecule has 0 spiro atoms. The van der Waals surface area contributed by atoms with Gasteiger partial charge in [-0.3, -0.25) is 4.90 Å². The summed E-state index contributed by atoms with van der Waals surface area (Å²) in [6.45, 7) is 9.79. The van der Waals surface area contributed by atoms with E-state index in [1.807, 2.05) is 11.8 Å². The number of para-hydroxylation sites is 1. The molecule has 0 N–H and O–H groups in total. The summed E-state index contributed by atoms with van der Waals surface area (Å²) in [7, 11) is 0. The number of anilines is 1. The molecule has 1 heterocycles. The van der Waals surface area contributed by atoms with Gasteiger partial charge in [-0.05, 0) is 43.2 Å². The molecule has 4 rings (SSSR count). The lowest BCUT2D eigenvalue weighted by atomic mass is 10.2. The maximum absolute atomic E-state index is 2.56. The summed E-state index contributed by atoms with van der Waals surface area (Å²) in [4.78, 5) is 7.81. The molecule has 1 aliphatic rings. The van der Waals surface area contributed by atoms with Crippen molar-refractivity contribution < 1.29 is 0 Å². The maximum atomic E-state index is 2.56. The fraction of sp³-hybridized carbons (Fsp3) is 0.280. The van der Waals surface area contributed by atoms with Crippen LogP contribution < -0.4 is 4.90 Å². The minimum atomic E-state index is 1.05. The van der Waals surface area contributed by atoms with E-state index >= 15 is 0 Å². The minimum Gasteiger partial charge on any atom is -0.368 e. The van der Waals surface area contributed by atoms with Crippen LogP contribution in [0.25, 0.3) is 0 Å². The Morgan fingerprint density at radius 3 is 2.21 bits per heavy atom. The maximum Gasteiger partial charge on any atom is 0.0508 e. The van der Waals surface area contributed by atoms with Crippen molar-refractivity contribution in [3.05, 3.63) is 89.5 Å². The quantitative estimate of drug-likeness (QED) is 0.547. The Balaban J connectivity index is 1.44. The second-order valence-electron chi connectivity index (χ2n) is 7.59. The van der Waals surface area contributed by atoms with Gasteiger partial charge < -0.3 is 4.90 Å². The van der Waals surface area contributed by atoms with Crippen molar-refractivity contribution in [1.29, 1.82) is 0 Å². The molecule has 0 aromatic heterocycles. The Morgan fingerprint density at radius 1 is 0.750 bits per heavy atom. The Hall–Kier alpha value is -2.23. The summed E-state index contributed by atoms with van der Waals surface area (Å²) in [5.41, 5.74) is 5.45. The Labute approximate surface area is 173 Å². The first-order valence-corrected chi connectivity index (χ1v) is 10.9. The molecule has 2 nitrogen and oxygen atoms in total. The summed E-state index contributed by atoms with van der Waals surface area (Å²) >= 11 is 1.89. The number of benzene rings is 3. The Kier molecular flexibility index (Phi) is 6.04. The molecule has 3 heteroatoms. The van der Waals surface area contributed by atoms with E-state index in [-0.39, 0.29) is 0 Å². The fourth-order valence-electron chi connectivity index (χ4n) is 3.83. The summed E-state index contributed by atoms with van der Waals surface area (Å²) in [6.07, 6.45) is 0. The summed E-state index contributed by atoms with van der Waals surface area (Å²) in [5.74, 6) is 0. The third-order valence-corrected chi connectivity index (χ3v) is 6.62. The first kappa shape index (κ1) is 19.1. The molecule has 28 heavy (non-hydrogen) atoms. The Morgan fingerprint density at radius 2 is 1.46 bits per heavy atom. The van der Waals surface area contributed by atoms with E-state index in [0.29, 0.717) is 0 Å². The molecule has 0 atom stereocenters. The zero-order chi connectivity index (χ0) is 19.3. The van der Waals surface area contributed by atoms with Crippen LogP contribution in [0.4, 0.5) is 5.69 Å². The minimum absolute atomic E-state index is 1.05. The molecule has 0 unspecified atom stereocenters. The summed E-state index contributed by atoms with van der Waals surface area (Å²) in [6, 6.07) is 26.4. The van der Waals surface area contributed by atoms with Crippen LogP contribution in [0.5, 0.6) is 0 Å². The number of piperazine rings is 1. The Bertz CT molecular complexity index is 915. The van der Waals surface area contributed by atoms with Gasteiger partial charge >= 0.3 is 0 Å². The highest BCUT2D eigenvalue weighted by atomic mass is 32.2. The SMILES string of the molecule is Cc1ccc(Sc2ccccc2N2CCN(Cc3ccccc3)CC2)c(C)c1. The monoisotopic (exact) mass is 388 g/mol. The van der Waals surface area contributed by atoms with Crippen molar-refractivity contribution in [2.45, 2.75) is 30.2 Å². The molecular formula is C25H28N2S. The van der Waals surface area contributed by atoms with Gasteiger partial charge in [-0.2, -0.15) is 0 Å². The van der Waals surface area contributed by atoms with Crippen LogP contribution in [0, 0.1) is 13.8 Å². The van der Waals surface area contributed by atoms with Gasteiger partial charge in [-0.25, -0.2) is 0 Å². The first-order valence-electron chi connectivity index (χ1n) is 10.0. The van der Waals surface area contributed by atoms with Crippen LogP contribution in [0.1, 0.15) is 16.7 Å². The zero-order valence-corrected chi connectivity index (χ0v) is 17.6. The second-order valence-corrected chi connectivity index (χ2v) is 8.67. The fourth-order valence-corrected chi connectivity index (χ4v) is 4.87. The normalized spacial score (nSPS) is 15.0. The molecule has 0 amide bonds. The molecule has 1 aliphatic heterocycles. The van der Waals surface area contributed by atoms with Crippen molar-refractivity contribution in [3.63, 3.8) is 0 Å². The van der Waals surface area contributed by atoms with E-state index in [9.17, 15) is 0 Å². The lowest BCUT2D eigenvalue weighted by Crippen LogP contribution is -2.46. The van der Waals surface area contributed by atoms with Crippen LogP contribution in [0.2, 0.25) is 0 Å². The average Bonchev–Trinajstić information content (AvgIpc) is 2.72. The average molecular weight is 389 g/mol. The van der Waals surface area contributed by atoms with E-state index in [1.54, 1.807) is 0 Å². The van der Waals surface area contributed by atoms with Gasteiger partial charge in [0.15, 0.2) is 0 Å². The van der Waals surface area contributed by atoms with Gasteiger partial charge in [0.1, 0.15) is 0 Å². The van der Waals surface area contributed by atoms with E-state index in [2.05, 4.69) is 96.4 Å². The molecule has 0 saturated carbocycles. The third kappa shape index (κ3) is 4.60. The molecule has 1 fully saturated rings. The van der Waals surface area contributed by atoms with Crippen LogP contribution in [-0.2, 0) is 6.54 Å². The highest BCUT2D eigenvalue weighted by Gasteiger charge is 2.19. The van der Waals surface area contributed by atoms with Gasteiger partial charge in [0, 0.05) is 42.5 Å². The van der Waals surface area contributed by atoms with E-state index < -0.39 is 0 Å². The number of rotatable bonds is 5. The summed E-state index contributed by atoms with van der Waals surface area (Å²) < 4.78 is 0. The number of hydrogen-bond donors (Lipinski definition) is 0. The number of hydrogen-bond acceptors (Lipinski definition) is 3. The van der Waals surface area contributed by atoms with Crippen LogP contribution >= 0.6 is 11.8 Å². The molecule has 0 radical (unpaired) electrons. The van der Waals surface area contributed by atoms with Crippen molar-refractivity contribution >= 4 is 17.4 Å². The van der Waals surface area contributed by atoms with Gasteiger partial charge in [0.2, 0.25) is 0 Å². The van der Waals surface area contributed by atoms with Gasteiger partial charge in [-0.15, -0.1) is 0 Å². The molecular weight excluding hydrogens is 360 g/mol. The standard InChI is InChI=1S/C25H28N2S/c1-20-12-13-24(21(2)18-20)28-25-11-7-6-10-23(25)27-16-14-26(15-17-27)19-22-8-4-3-5-9-22/h3-13,18H,14-17,19H2,1-2H3. The van der Waals surface area contributed by atoms with Gasteiger partial charge in [0.25, 0.3) is 0 Å². The highest BCUT2D eigenvalue weighted by molar-refractivity contribution is 7.99. The lowest BCUT2D eigenvalue weighted by molar-refractivity contribution is 0.249. The van der Waals surface area contributed by atoms with E-state index in [4.69, 9.17) is 0 Å². The van der Waals surface area contributed by atoms with Crippen molar-refractivity contribution in [2.75, 3.05) is 31.1 Å². The number of nitrogens with zero attached hydrogens (tertiary/aromatic N) is 2. The molecule has 3 aromatic carbocycles. The second kappa shape index (κ2) is 8.85. The van der Waals surface area contributed by atoms with E-state index in [1.165, 1.54) is 32.2 Å². The summed E-state index contributed by atoms with van der Waals surface area (Å²) in [5, 5.41) is 0. The smallest absolute Gasteiger partial charge is 0.0508 e. The molecule has 0 bridgehead atoms. The van der Waals surface area contributed by atoms with Gasteiger partial charge in [0.05, 0.1) is 5.69 Å².